The number of rotatable bonds is 6. The van der Waals surface area contributed by atoms with Crippen LogP contribution in [-0.4, -0.2) is 13.7 Å². The number of hydrogen-bond acceptors (Lipinski definition) is 3. The molecule has 1 atom stereocenters. The van der Waals surface area contributed by atoms with E-state index in [1.807, 2.05) is 25.1 Å². The quantitative estimate of drug-likeness (QED) is 0.877. The maximum atomic E-state index is 8.85. The number of nitrogens with one attached hydrogen (secondary N) is 1. The Balaban J connectivity index is 2.57. The van der Waals surface area contributed by atoms with E-state index in [0.29, 0.717) is 13.1 Å². The number of hydrogen-bond donors (Lipinski definition) is 1. The van der Waals surface area contributed by atoms with Gasteiger partial charge >= 0.3 is 0 Å². The molecule has 0 aliphatic heterocycles. The molecule has 0 amide bonds. The van der Waals surface area contributed by atoms with Crippen molar-refractivity contribution in [1.29, 1.82) is 5.26 Å². The van der Waals surface area contributed by atoms with Crippen LogP contribution in [0, 0.1) is 17.2 Å². The lowest BCUT2D eigenvalue weighted by molar-refractivity contribution is 0.406. The van der Waals surface area contributed by atoms with Gasteiger partial charge in [-0.15, -0.1) is 0 Å². The molecule has 0 saturated heterocycles. The monoisotopic (exact) mass is 296 g/mol. The predicted molar refractivity (Wildman–Crippen MR) is 71.8 cm³/mol. The molecule has 0 fully saturated rings. The van der Waals surface area contributed by atoms with Crippen LogP contribution in [0.25, 0.3) is 0 Å². The summed E-state index contributed by atoms with van der Waals surface area (Å²) in [5, 5.41) is 12.1. The van der Waals surface area contributed by atoms with Crippen molar-refractivity contribution in [2.45, 2.75) is 19.9 Å². The van der Waals surface area contributed by atoms with Crippen LogP contribution in [0.5, 0.6) is 5.75 Å². The zero-order valence-electron chi connectivity index (χ0n) is 10.2. The Morgan fingerprint density at radius 3 is 2.88 bits per heavy atom. The predicted octanol–water partition coefficient (Wildman–Crippen LogP) is 3.10. The number of nitrogens with zero attached hydrogens (tertiary/aromatic N) is 1. The summed E-state index contributed by atoms with van der Waals surface area (Å²) < 4.78 is 6.31. The van der Waals surface area contributed by atoms with Gasteiger partial charge in [0.05, 0.1) is 19.1 Å². The second-order valence-electron chi connectivity index (χ2n) is 3.82. The van der Waals surface area contributed by atoms with Crippen molar-refractivity contribution in [3.05, 3.63) is 28.2 Å². The Bertz CT molecular complexity index is 401. The number of methoxy groups -OCH3 is 1. The van der Waals surface area contributed by atoms with Crippen LogP contribution in [0.4, 0.5) is 0 Å². The molecule has 1 aromatic rings. The molecule has 0 bridgehead atoms. The van der Waals surface area contributed by atoms with Gasteiger partial charge in [-0.1, -0.05) is 22.9 Å². The van der Waals surface area contributed by atoms with Crippen molar-refractivity contribution >= 4 is 15.9 Å². The second-order valence-corrected chi connectivity index (χ2v) is 4.74. The third-order valence-electron chi connectivity index (χ3n) is 2.62. The first-order valence-corrected chi connectivity index (χ1v) is 6.43. The van der Waals surface area contributed by atoms with Crippen molar-refractivity contribution in [2.24, 2.45) is 5.92 Å². The SMILES string of the molecule is CCC(C#N)CNCc1cc(Br)ccc1OC. The van der Waals surface area contributed by atoms with Gasteiger partial charge in [0.1, 0.15) is 5.75 Å². The first-order chi connectivity index (χ1) is 8.21. The lowest BCUT2D eigenvalue weighted by Gasteiger charge is -2.11. The summed E-state index contributed by atoms with van der Waals surface area (Å²) in [6.45, 7) is 3.44. The maximum absolute atomic E-state index is 8.85. The minimum absolute atomic E-state index is 0.0770. The lowest BCUT2D eigenvalue weighted by atomic mass is 10.1. The molecule has 1 N–H and O–H groups in total. The Labute approximate surface area is 111 Å². The molecular weight excluding hydrogens is 280 g/mol. The van der Waals surface area contributed by atoms with Crippen molar-refractivity contribution in [2.75, 3.05) is 13.7 Å². The Hall–Kier alpha value is -1.05. The van der Waals surface area contributed by atoms with Gasteiger partial charge in [0.2, 0.25) is 0 Å². The summed E-state index contributed by atoms with van der Waals surface area (Å²) in [7, 11) is 1.66. The van der Waals surface area contributed by atoms with E-state index >= 15 is 0 Å². The van der Waals surface area contributed by atoms with Crippen molar-refractivity contribution in [1.82, 2.24) is 5.32 Å². The van der Waals surface area contributed by atoms with Gasteiger partial charge < -0.3 is 10.1 Å². The van der Waals surface area contributed by atoms with Gasteiger partial charge in [-0.05, 0) is 24.6 Å². The van der Waals surface area contributed by atoms with Crippen LogP contribution in [-0.2, 0) is 6.54 Å². The summed E-state index contributed by atoms with van der Waals surface area (Å²) in [5.41, 5.74) is 1.09. The van der Waals surface area contributed by atoms with Crippen molar-refractivity contribution in [3.63, 3.8) is 0 Å². The maximum Gasteiger partial charge on any atom is 0.123 e. The van der Waals surface area contributed by atoms with Crippen LogP contribution in [0.1, 0.15) is 18.9 Å². The highest BCUT2D eigenvalue weighted by Crippen LogP contribution is 2.22. The van der Waals surface area contributed by atoms with Crippen molar-refractivity contribution in [3.8, 4) is 11.8 Å². The first kappa shape index (κ1) is 14.0. The molecule has 92 valence electrons. The van der Waals surface area contributed by atoms with Crippen LogP contribution >= 0.6 is 15.9 Å². The lowest BCUT2D eigenvalue weighted by Crippen LogP contribution is -2.21. The molecule has 0 heterocycles. The average Bonchev–Trinajstić information content (AvgIpc) is 2.35. The van der Waals surface area contributed by atoms with E-state index in [0.717, 1.165) is 22.2 Å². The molecule has 0 aromatic heterocycles. The molecule has 4 heteroatoms. The molecule has 0 aliphatic carbocycles. The fraction of sp³-hybridized carbons (Fsp3) is 0.462. The Morgan fingerprint density at radius 1 is 1.53 bits per heavy atom. The summed E-state index contributed by atoms with van der Waals surface area (Å²) >= 11 is 3.44. The third-order valence-corrected chi connectivity index (χ3v) is 3.12. The van der Waals surface area contributed by atoms with Gasteiger partial charge in [-0.2, -0.15) is 5.26 Å². The Morgan fingerprint density at radius 2 is 2.29 bits per heavy atom. The van der Waals surface area contributed by atoms with Crippen LogP contribution < -0.4 is 10.1 Å². The van der Waals surface area contributed by atoms with E-state index < -0.39 is 0 Å². The molecule has 3 nitrogen and oxygen atoms in total. The summed E-state index contributed by atoms with van der Waals surface area (Å²) in [4.78, 5) is 0. The zero-order valence-corrected chi connectivity index (χ0v) is 11.8. The molecule has 1 unspecified atom stereocenters. The van der Waals surface area contributed by atoms with E-state index in [4.69, 9.17) is 10.00 Å². The first-order valence-electron chi connectivity index (χ1n) is 5.64. The molecule has 0 saturated carbocycles. The van der Waals surface area contributed by atoms with E-state index in [2.05, 4.69) is 27.3 Å². The van der Waals surface area contributed by atoms with Crippen LogP contribution in [0.3, 0.4) is 0 Å². The van der Waals surface area contributed by atoms with Gasteiger partial charge in [-0.3, -0.25) is 0 Å². The van der Waals surface area contributed by atoms with E-state index in [1.54, 1.807) is 7.11 Å². The fourth-order valence-corrected chi connectivity index (χ4v) is 1.96. The normalized spacial score (nSPS) is 11.9. The molecule has 1 aromatic carbocycles. The molecule has 0 radical (unpaired) electrons. The smallest absolute Gasteiger partial charge is 0.123 e. The topological polar surface area (TPSA) is 45.0 Å². The van der Waals surface area contributed by atoms with Gasteiger partial charge in [-0.25, -0.2) is 0 Å². The summed E-state index contributed by atoms with van der Waals surface area (Å²) in [6, 6.07) is 8.19. The third kappa shape index (κ3) is 4.37. The molecule has 17 heavy (non-hydrogen) atoms. The van der Waals surface area contributed by atoms with Crippen LogP contribution in [0.15, 0.2) is 22.7 Å². The Kier molecular flexibility index (Phi) is 6.03. The van der Waals surface area contributed by atoms with Gasteiger partial charge in [0.15, 0.2) is 0 Å². The number of ether oxygens (including phenoxy) is 1. The highest BCUT2D eigenvalue weighted by molar-refractivity contribution is 9.10. The van der Waals surface area contributed by atoms with Gasteiger partial charge in [0, 0.05) is 23.1 Å². The van der Waals surface area contributed by atoms with E-state index in [9.17, 15) is 0 Å². The average molecular weight is 297 g/mol. The molecule has 0 aliphatic rings. The number of halogens is 1. The number of nitriles is 1. The van der Waals surface area contributed by atoms with E-state index in [1.165, 1.54) is 0 Å². The van der Waals surface area contributed by atoms with Crippen LogP contribution in [0.2, 0.25) is 0 Å². The minimum Gasteiger partial charge on any atom is -0.496 e. The van der Waals surface area contributed by atoms with E-state index in [-0.39, 0.29) is 5.92 Å². The highest BCUT2D eigenvalue weighted by Gasteiger charge is 2.06. The largest absolute Gasteiger partial charge is 0.496 e. The summed E-state index contributed by atoms with van der Waals surface area (Å²) in [5.74, 6) is 0.943. The van der Waals surface area contributed by atoms with Crippen molar-refractivity contribution < 1.29 is 4.74 Å². The standard InChI is InChI=1S/C13H17BrN2O/c1-3-10(7-15)8-16-9-11-6-12(14)4-5-13(11)17-2/h4-6,10,16H,3,8-9H2,1-2H3. The molecule has 0 spiro atoms. The fourth-order valence-electron chi connectivity index (χ4n) is 1.55. The highest BCUT2D eigenvalue weighted by atomic mass is 79.9. The second kappa shape index (κ2) is 7.31. The zero-order chi connectivity index (χ0) is 12.7. The van der Waals surface area contributed by atoms with Gasteiger partial charge in [0.25, 0.3) is 0 Å². The molecular formula is C13H17BrN2O. The summed E-state index contributed by atoms with van der Waals surface area (Å²) in [6.07, 6.45) is 0.874. The molecule has 1 rings (SSSR count). The number of benzene rings is 1. The minimum atomic E-state index is 0.0770.